The first kappa shape index (κ1) is 19.4. The highest BCUT2D eigenvalue weighted by Gasteiger charge is 2.37. The summed E-state index contributed by atoms with van der Waals surface area (Å²) in [5.41, 5.74) is 0.965. The van der Waals surface area contributed by atoms with Crippen molar-refractivity contribution in [3.8, 4) is 0 Å². The third-order valence-corrected chi connectivity index (χ3v) is 5.65. The lowest BCUT2D eigenvalue weighted by Crippen LogP contribution is -2.50. The van der Waals surface area contributed by atoms with E-state index in [4.69, 9.17) is 5.11 Å². The highest BCUT2D eigenvalue weighted by atomic mass is 16.4. The van der Waals surface area contributed by atoms with Gasteiger partial charge in [-0.1, -0.05) is 30.3 Å². The molecule has 146 valence electrons. The zero-order chi connectivity index (χ0) is 19.2. The molecule has 2 atom stereocenters. The fourth-order valence-electron chi connectivity index (χ4n) is 4.23. The maximum Gasteiger partial charge on any atom is 0.303 e. The number of amides is 2. The van der Waals surface area contributed by atoms with Gasteiger partial charge in [-0.25, -0.2) is 0 Å². The van der Waals surface area contributed by atoms with Crippen molar-refractivity contribution >= 4 is 17.8 Å². The second kappa shape index (κ2) is 9.02. The molecule has 1 aromatic carbocycles. The molecule has 0 bridgehead atoms. The van der Waals surface area contributed by atoms with E-state index >= 15 is 0 Å². The molecule has 0 aromatic heterocycles. The van der Waals surface area contributed by atoms with Crippen LogP contribution in [0.3, 0.4) is 0 Å². The number of nitrogens with zero attached hydrogens (tertiary/aromatic N) is 2. The number of hydrogen-bond acceptors (Lipinski definition) is 3. The highest BCUT2D eigenvalue weighted by molar-refractivity contribution is 5.89. The molecule has 2 aliphatic heterocycles. The standard InChI is InChI=1S/C21H28N2O4/c24-19(14-16-6-2-1-3-7-16)23-13-5-9-18(23)21(27)22-12-4-8-17(15-22)10-11-20(25)26/h1-3,6-7,17-18H,4-5,8-15H2,(H,25,26). The van der Waals surface area contributed by atoms with Gasteiger partial charge in [0.05, 0.1) is 6.42 Å². The summed E-state index contributed by atoms with van der Waals surface area (Å²) in [5.74, 6) is -0.494. The number of carbonyl (C=O) groups is 3. The molecule has 0 spiro atoms. The fraction of sp³-hybridized carbons (Fsp3) is 0.571. The van der Waals surface area contributed by atoms with Crippen molar-refractivity contribution < 1.29 is 19.5 Å². The number of piperidine rings is 1. The molecule has 2 unspecified atom stereocenters. The topological polar surface area (TPSA) is 77.9 Å². The van der Waals surface area contributed by atoms with Crippen molar-refractivity contribution in [2.75, 3.05) is 19.6 Å². The predicted octanol–water partition coefficient (Wildman–Crippen LogP) is 2.32. The van der Waals surface area contributed by atoms with Crippen molar-refractivity contribution in [3.05, 3.63) is 35.9 Å². The van der Waals surface area contributed by atoms with E-state index in [2.05, 4.69) is 0 Å². The van der Waals surface area contributed by atoms with Gasteiger partial charge in [-0.2, -0.15) is 0 Å². The number of rotatable bonds is 6. The van der Waals surface area contributed by atoms with Gasteiger partial charge >= 0.3 is 5.97 Å². The molecule has 0 radical (unpaired) electrons. The van der Waals surface area contributed by atoms with Gasteiger partial charge in [-0.15, -0.1) is 0 Å². The van der Waals surface area contributed by atoms with E-state index < -0.39 is 5.97 Å². The Hall–Kier alpha value is -2.37. The molecule has 0 aliphatic carbocycles. The van der Waals surface area contributed by atoms with Gasteiger partial charge in [0.2, 0.25) is 11.8 Å². The second-order valence-corrected chi connectivity index (χ2v) is 7.63. The molecule has 2 aliphatic rings. The van der Waals surface area contributed by atoms with Crippen LogP contribution in [0.15, 0.2) is 30.3 Å². The second-order valence-electron chi connectivity index (χ2n) is 7.63. The molecule has 1 aromatic rings. The Labute approximate surface area is 160 Å². The van der Waals surface area contributed by atoms with Crippen molar-refractivity contribution in [2.24, 2.45) is 5.92 Å². The van der Waals surface area contributed by atoms with Crippen molar-refractivity contribution in [1.29, 1.82) is 0 Å². The van der Waals surface area contributed by atoms with Gasteiger partial charge < -0.3 is 14.9 Å². The lowest BCUT2D eigenvalue weighted by molar-refractivity contribution is -0.144. The largest absolute Gasteiger partial charge is 0.481 e. The van der Waals surface area contributed by atoms with Crippen LogP contribution in [0, 0.1) is 5.92 Å². The molecule has 2 heterocycles. The van der Waals surface area contributed by atoms with Gasteiger partial charge in [0.15, 0.2) is 0 Å². The number of hydrogen-bond donors (Lipinski definition) is 1. The van der Waals surface area contributed by atoms with E-state index in [0.29, 0.717) is 32.5 Å². The number of benzene rings is 1. The molecule has 3 rings (SSSR count). The minimum atomic E-state index is -0.785. The predicted molar refractivity (Wildman–Crippen MR) is 101 cm³/mol. The molecule has 27 heavy (non-hydrogen) atoms. The number of carboxylic acid groups (broad SMARTS) is 1. The molecular weight excluding hydrogens is 344 g/mol. The minimum Gasteiger partial charge on any atom is -0.481 e. The van der Waals surface area contributed by atoms with Crippen LogP contribution in [0.5, 0.6) is 0 Å². The summed E-state index contributed by atoms with van der Waals surface area (Å²) in [4.78, 5) is 40.2. The molecule has 2 amide bonds. The van der Waals surface area contributed by atoms with Crippen LogP contribution < -0.4 is 0 Å². The van der Waals surface area contributed by atoms with E-state index in [9.17, 15) is 14.4 Å². The van der Waals surface area contributed by atoms with Crippen molar-refractivity contribution in [2.45, 2.75) is 51.0 Å². The van der Waals surface area contributed by atoms with Gasteiger partial charge in [-0.3, -0.25) is 14.4 Å². The SMILES string of the molecule is O=C(O)CCC1CCCN(C(=O)C2CCCN2C(=O)Cc2ccccc2)C1. The van der Waals surface area contributed by atoms with Crippen LogP contribution in [0.25, 0.3) is 0 Å². The summed E-state index contributed by atoms with van der Waals surface area (Å²) in [6.45, 7) is 1.96. The third-order valence-electron chi connectivity index (χ3n) is 5.65. The van der Waals surface area contributed by atoms with Crippen molar-refractivity contribution in [3.63, 3.8) is 0 Å². The van der Waals surface area contributed by atoms with Crippen LogP contribution in [0.2, 0.25) is 0 Å². The van der Waals surface area contributed by atoms with E-state index in [1.807, 2.05) is 35.2 Å². The summed E-state index contributed by atoms with van der Waals surface area (Å²) in [5, 5.41) is 8.88. The summed E-state index contributed by atoms with van der Waals surface area (Å²) in [6, 6.07) is 9.26. The van der Waals surface area contributed by atoms with Gasteiger partial charge in [0, 0.05) is 26.1 Å². The number of carbonyl (C=O) groups excluding carboxylic acids is 2. The van der Waals surface area contributed by atoms with E-state index in [0.717, 1.165) is 31.2 Å². The quantitative estimate of drug-likeness (QED) is 0.831. The van der Waals surface area contributed by atoms with E-state index in [-0.39, 0.29) is 30.2 Å². The average Bonchev–Trinajstić information content (AvgIpc) is 3.17. The number of likely N-dealkylation sites (tertiary alicyclic amines) is 2. The van der Waals surface area contributed by atoms with Crippen LogP contribution >= 0.6 is 0 Å². The Balaban J connectivity index is 1.59. The number of aliphatic carboxylic acids is 1. The summed E-state index contributed by atoms with van der Waals surface area (Å²) < 4.78 is 0. The Morgan fingerprint density at radius 2 is 1.78 bits per heavy atom. The highest BCUT2D eigenvalue weighted by Crippen LogP contribution is 2.26. The molecular formula is C21H28N2O4. The fourth-order valence-corrected chi connectivity index (χ4v) is 4.23. The van der Waals surface area contributed by atoms with E-state index in [1.54, 1.807) is 4.90 Å². The molecule has 2 fully saturated rings. The summed E-state index contributed by atoms with van der Waals surface area (Å²) >= 11 is 0. The maximum atomic E-state index is 13.1. The Bertz CT molecular complexity index is 676. The third kappa shape index (κ3) is 5.08. The average molecular weight is 372 g/mol. The van der Waals surface area contributed by atoms with Gasteiger partial charge in [0.25, 0.3) is 0 Å². The van der Waals surface area contributed by atoms with Crippen LogP contribution in [-0.4, -0.2) is 58.4 Å². The molecule has 2 saturated heterocycles. The molecule has 1 N–H and O–H groups in total. The zero-order valence-electron chi connectivity index (χ0n) is 15.7. The van der Waals surface area contributed by atoms with Crippen LogP contribution in [0.4, 0.5) is 0 Å². The van der Waals surface area contributed by atoms with Crippen LogP contribution in [-0.2, 0) is 20.8 Å². The van der Waals surface area contributed by atoms with E-state index in [1.165, 1.54) is 0 Å². The first-order chi connectivity index (χ1) is 13.0. The summed E-state index contributed by atoms with van der Waals surface area (Å²) in [7, 11) is 0. The van der Waals surface area contributed by atoms with Crippen molar-refractivity contribution in [1.82, 2.24) is 9.80 Å². The zero-order valence-corrected chi connectivity index (χ0v) is 15.7. The maximum absolute atomic E-state index is 13.1. The van der Waals surface area contributed by atoms with Gasteiger partial charge in [-0.05, 0) is 43.6 Å². The minimum absolute atomic E-state index is 0.0106. The molecule has 6 nitrogen and oxygen atoms in total. The number of carboxylic acids is 1. The Morgan fingerprint density at radius 1 is 1.04 bits per heavy atom. The summed E-state index contributed by atoms with van der Waals surface area (Å²) in [6.07, 6.45) is 4.53. The lowest BCUT2D eigenvalue weighted by Gasteiger charge is -2.36. The first-order valence-corrected chi connectivity index (χ1v) is 9.88. The first-order valence-electron chi connectivity index (χ1n) is 9.88. The lowest BCUT2D eigenvalue weighted by atomic mass is 9.93. The Kier molecular flexibility index (Phi) is 6.48. The Morgan fingerprint density at radius 3 is 2.52 bits per heavy atom. The molecule has 6 heteroatoms. The normalized spacial score (nSPS) is 22.7. The molecule has 0 saturated carbocycles. The van der Waals surface area contributed by atoms with Crippen LogP contribution in [0.1, 0.15) is 44.1 Å². The van der Waals surface area contributed by atoms with Gasteiger partial charge in [0.1, 0.15) is 6.04 Å². The smallest absolute Gasteiger partial charge is 0.303 e. The monoisotopic (exact) mass is 372 g/mol.